The SMILES string of the molecule is C[C@@H]1CCC/C(=N\Nc2ccc([N+](=O)[O-])cc2[N+](=O)[O-])[C@H]1C. The number of anilines is 1. The highest BCUT2D eigenvalue weighted by Crippen LogP contribution is 2.30. The summed E-state index contributed by atoms with van der Waals surface area (Å²) in [6.45, 7) is 4.25. The van der Waals surface area contributed by atoms with Gasteiger partial charge in [0.25, 0.3) is 5.69 Å². The largest absolute Gasteiger partial charge is 0.301 e. The molecule has 1 saturated carbocycles. The number of nitro benzene ring substituents is 2. The van der Waals surface area contributed by atoms with Crippen LogP contribution in [0.3, 0.4) is 0 Å². The molecule has 0 bridgehead atoms. The number of nitrogens with one attached hydrogen (secondary N) is 1. The highest BCUT2D eigenvalue weighted by atomic mass is 16.6. The maximum absolute atomic E-state index is 11.1. The molecule has 8 nitrogen and oxygen atoms in total. The smallest absolute Gasteiger partial charge is 0.272 e. The minimum absolute atomic E-state index is 0.161. The fraction of sp³-hybridized carbons (Fsp3) is 0.500. The maximum Gasteiger partial charge on any atom is 0.301 e. The van der Waals surface area contributed by atoms with Gasteiger partial charge in [0.1, 0.15) is 5.69 Å². The zero-order chi connectivity index (χ0) is 16.3. The molecular formula is C14H18N4O4. The van der Waals surface area contributed by atoms with Gasteiger partial charge in [0, 0.05) is 11.8 Å². The van der Waals surface area contributed by atoms with E-state index in [0.717, 1.165) is 31.0 Å². The normalized spacial score (nSPS) is 23.3. The summed E-state index contributed by atoms with van der Waals surface area (Å²) in [4.78, 5) is 20.5. The number of hydrogen-bond donors (Lipinski definition) is 1. The quantitative estimate of drug-likeness (QED) is 0.673. The highest BCUT2D eigenvalue weighted by Gasteiger charge is 2.24. The molecule has 1 aromatic carbocycles. The van der Waals surface area contributed by atoms with Crippen LogP contribution in [0.25, 0.3) is 0 Å². The predicted molar refractivity (Wildman–Crippen MR) is 83.0 cm³/mol. The lowest BCUT2D eigenvalue weighted by Gasteiger charge is -2.27. The van der Waals surface area contributed by atoms with Crippen LogP contribution in [-0.2, 0) is 0 Å². The van der Waals surface area contributed by atoms with Gasteiger partial charge in [-0.2, -0.15) is 5.10 Å². The van der Waals surface area contributed by atoms with Gasteiger partial charge in [-0.1, -0.05) is 13.8 Å². The Hall–Kier alpha value is -2.51. The van der Waals surface area contributed by atoms with Gasteiger partial charge in [0.2, 0.25) is 0 Å². The van der Waals surface area contributed by atoms with Gasteiger partial charge < -0.3 is 0 Å². The van der Waals surface area contributed by atoms with Gasteiger partial charge in [0.05, 0.1) is 15.9 Å². The second-order valence-corrected chi connectivity index (χ2v) is 5.59. The van der Waals surface area contributed by atoms with Crippen molar-refractivity contribution < 1.29 is 9.85 Å². The fourth-order valence-electron chi connectivity index (χ4n) is 2.58. The summed E-state index contributed by atoms with van der Waals surface area (Å²) in [5.41, 5.74) is 3.18. The summed E-state index contributed by atoms with van der Waals surface area (Å²) in [5, 5.41) is 26.1. The Morgan fingerprint density at radius 2 is 1.95 bits per heavy atom. The number of nitro groups is 2. The first-order chi connectivity index (χ1) is 10.4. The van der Waals surface area contributed by atoms with Gasteiger partial charge >= 0.3 is 5.69 Å². The molecule has 22 heavy (non-hydrogen) atoms. The van der Waals surface area contributed by atoms with Gasteiger partial charge in [-0.05, 0) is 37.2 Å². The molecule has 1 fully saturated rings. The number of nitrogens with zero attached hydrogens (tertiary/aromatic N) is 3. The Balaban J connectivity index is 2.25. The van der Waals surface area contributed by atoms with E-state index in [9.17, 15) is 20.2 Å². The Morgan fingerprint density at radius 1 is 1.23 bits per heavy atom. The molecule has 0 unspecified atom stereocenters. The van der Waals surface area contributed by atoms with E-state index in [4.69, 9.17) is 0 Å². The molecule has 0 aliphatic heterocycles. The third-order valence-corrected chi connectivity index (χ3v) is 4.18. The van der Waals surface area contributed by atoms with E-state index in [1.54, 1.807) is 0 Å². The number of non-ortho nitro benzene ring substituents is 1. The summed E-state index contributed by atoms with van der Waals surface area (Å²) >= 11 is 0. The summed E-state index contributed by atoms with van der Waals surface area (Å²) < 4.78 is 0. The zero-order valence-corrected chi connectivity index (χ0v) is 12.5. The molecule has 0 radical (unpaired) electrons. The second-order valence-electron chi connectivity index (χ2n) is 5.59. The Kier molecular flexibility index (Phi) is 4.69. The van der Waals surface area contributed by atoms with E-state index in [0.29, 0.717) is 11.8 Å². The summed E-state index contributed by atoms with van der Waals surface area (Å²) in [7, 11) is 0. The topological polar surface area (TPSA) is 111 Å². The molecule has 2 atom stereocenters. The molecule has 1 aliphatic rings. The van der Waals surface area contributed by atoms with Crippen molar-refractivity contribution in [1.82, 2.24) is 0 Å². The maximum atomic E-state index is 11.1. The lowest BCUT2D eigenvalue weighted by molar-refractivity contribution is -0.393. The van der Waals surface area contributed by atoms with Crippen LogP contribution in [-0.4, -0.2) is 15.6 Å². The van der Waals surface area contributed by atoms with Crippen molar-refractivity contribution in [2.24, 2.45) is 16.9 Å². The van der Waals surface area contributed by atoms with Crippen LogP contribution in [0.15, 0.2) is 23.3 Å². The van der Waals surface area contributed by atoms with Crippen LogP contribution in [0.4, 0.5) is 17.1 Å². The first kappa shape index (κ1) is 15.9. The van der Waals surface area contributed by atoms with Gasteiger partial charge in [0.15, 0.2) is 0 Å². The fourth-order valence-corrected chi connectivity index (χ4v) is 2.58. The van der Waals surface area contributed by atoms with Gasteiger partial charge in [-0.25, -0.2) is 0 Å². The van der Waals surface area contributed by atoms with Crippen molar-refractivity contribution >= 4 is 22.8 Å². The van der Waals surface area contributed by atoms with Gasteiger partial charge in [-0.3, -0.25) is 25.7 Å². The van der Waals surface area contributed by atoms with Crippen molar-refractivity contribution in [3.63, 3.8) is 0 Å². The van der Waals surface area contributed by atoms with E-state index in [1.807, 2.05) is 0 Å². The van der Waals surface area contributed by atoms with Crippen molar-refractivity contribution in [3.05, 3.63) is 38.4 Å². The summed E-state index contributed by atoms with van der Waals surface area (Å²) in [6.07, 6.45) is 3.06. The summed E-state index contributed by atoms with van der Waals surface area (Å²) in [5.74, 6) is 0.847. The number of hydrazone groups is 1. The van der Waals surface area contributed by atoms with Gasteiger partial charge in [-0.15, -0.1) is 0 Å². The molecule has 118 valence electrons. The van der Waals surface area contributed by atoms with E-state index < -0.39 is 9.85 Å². The first-order valence-corrected chi connectivity index (χ1v) is 7.15. The molecule has 8 heteroatoms. The molecule has 1 N–H and O–H groups in total. The van der Waals surface area contributed by atoms with Crippen molar-refractivity contribution in [2.75, 3.05) is 5.43 Å². The minimum atomic E-state index is -0.659. The molecule has 1 aromatic rings. The molecule has 0 amide bonds. The van der Waals surface area contributed by atoms with E-state index in [-0.39, 0.29) is 17.1 Å². The third-order valence-electron chi connectivity index (χ3n) is 4.18. The zero-order valence-electron chi connectivity index (χ0n) is 12.5. The number of benzene rings is 1. The van der Waals surface area contributed by atoms with Crippen LogP contribution in [0.5, 0.6) is 0 Å². The Bertz CT molecular complexity index is 629. The van der Waals surface area contributed by atoms with E-state index in [1.165, 1.54) is 12.1 Å². The van der Waals surface area contributed by atoms with Crippen LogP contribution in [0, 0.1) is 32.1 Å². The highest BCUT2D eigenvalue weighted by molar-refractivity contribution is 5.88. The predicted octanol–water partition coefficient (Wildman–Crippen LogP) is 3.73. The second kappa shape index (κ2) is 6.50. The van der Waals surface area contributed by atoms with E-state index in [2.05, 4.69) is 24.4 Å². The Labute approximate surface area is 127 Å². The first-order valence-electron chi connectivity index (χ1n) is 7.15. The molecule has 0 heterocycles. The van der Waals surface area contributed by atoms with Crippen LogP contribution < -0.4 is 5.43 Å². The molecular weight excluding hydrogens is 288 g/mol. The Morgan fingerprint density at radius 3 is 2.59 bits per heavy atom. The van der Waals surface area contributed by atoms with Crippen molar-refractivity contribution in [3.8, 4) is 0 Å². The molecule has 0 spiro atoms. The molecule has 1 aliphatic carbocycles. The number of rotatable bonds is 4. The summed E-state index contributed by atoms with van der Waals surface area (Å²) in [6, 6.07) is 3.48. The lowest BCUT2D eigenvalue weighted by Crippen LogP contribution is -2.25. The van der Waals surface area contributed by atoms with Crippen LogP contribution in [0.2, 0.25) is 0 Å². The minimum Gasteiger partial charge on any atom is -0.272 e. The average Bonchev–Trinajstić information content (AvgIpc) is 2.48. The van der Waals surface area contributed by atoms with E-state index >= 15 is 0 Å². The average molecular weight is 306 g/mol. The molecule has 0 saturated heterocycles. The van der Waals surface area contributed by atoms with Crippen molar-refractivity contribution in [1.29, 1.82) is 0 Å². The lowest BCUT2D eigenvalue weighted by atomic mass is 9.80. The van der Waals surface area contributed by atoms with Crippen LogP contribution in [0.1, 0.15) is 33.1 Å². The molecule has 0 aromatic heterocycles. The molecule has 2 rings (SSSR count). The standard InChI is InChI=1S/C14H18N4O4/c1-9-4-3-5-12(10(9)2)15-16-13-7-6-11(17(19)20)8-14(13)18(21)22/h6-10,16H,3-5H2,1-2H3/b15-12+/t9-,10+/m1/s1. The van der Waals surface area contributed by atoms with Crippen molar-refractivity contribution in [2.45, 2.75) is 33.1 Å². The number of hydrogen-bond acceptors (Lipinski definition) is 6. The monoisotopic (exact) mass is 306 g/mol. The third kappa shape index (κ3) is 3.38. The van der Waals surface area contributed by atoms with Crippen LogP contribution >= 0.6 is 0 Å².